The fourth-order valence-electron chi connectivity index (χ4n) is 11.3. The Morgan fingerprint density at radius 1 is 0.250 bits per heavy atom. The number of hydrogen-bond acceptors (Lipinski definition) is 1. The van der Waals surface area contributed by atoms with Crippen molar-refractivity contribution < 1.29 is 0 Å². The van der Waals surface area contributed by atoms with Crippen LogP contribution in [0.5, 0.6) is 0 Å². The Morgan fingerprint density at radius 2 is 0.735 bits per heavy atom. The molecule has 0 amide bonds. The zero-order valence-electron chi connectivity index (χ0n) is 37.4. The fraction of sp³-hybridized carbons (Fsp3) is 0.0149. The van der Waals surface area contributed by atoms with Crippen molar-refractivity contribution in [2.75, 3.05) is 4.90 Å². The highest BCUT2D eigenvalue weighted by Gasteiger charge is 2.46. The van der Waals surface area contributed by atoms with Crippen LogP contribution in [0.4, 0.5) is 17.1 Å². The topological polar surface area (TPSA) is 3.24 Å². The molecule has 12 aromatic carbocycles. The summed E-state index contributed by atoms with van der Waals surface area (Å²) in [6.07, 6.45) is 0. The van der Waals surface area contributed by atoms with Crippen LogP contribution in [-0.2, 0) is 5.41 Å². The molecule has 0 aromatic heterocycles. The molecule has 1 aliphatic carbocycles. The SMILES string of the molecule is c1ccc(-c2c(-c3ccccc3)c3cc(N(c4ccc(-c5ccc6ccccc6c5)cc4)c4ccc5c(c4)-c4ccccc4C5(c4ccccc4)c4ccccc4)ccc3c3ccccc23)cc1. The third-order valence-electron chi connectivity index (χ3n) is 14.3. The Balaban J connectivity index is 1.07. The average Bonchev–Trinajstić information content (AvgIpc) is 3.72. The molecule has 0 unspecified atom stereocenters. The zero-order valence-corrected chi connectivity index (χ0v) is 37.4. The molecule has 1 heteroatoms. The van der Waals surface area contributed by atoms with Gasteiger partial charge in [0.25, 0.3) is 0 Å². The van der Waals surface area contributed by atoms with Crippen molar-refractivity contribution in [2.24, 2.45) is 0 Å². The number of rotatable bonds is 8. The third-order valence-corrected chi connectivity index (χ3v) is 14.3. The maximum absolute atomic E-state index is 2.46. The van der Waals surface area contributed by atoms with Crippen molar-refractivity contribution >= 4 is 49.4 Å². The molecule has 0 spiro atoms. The van der Waals surface area contributed by atoms with Crippen molar-refractivity contribution in [3.63, 3.8) is 0 Å². The lowest BCUT2D eigenvalue weighted by Crippen LogP contribution is -2.28. The second kappa shape index (κ2) is 16.3. The fourth-order valence-corrected chi connectivity index (χ4v) is 11.3. The van der Waals surface area contributed by atoms with Gasteiger partial charge in [0.05, 0.1) is 5.41 Å². The molecule has 12 aromatic rings. The Hall–Kier alpha value is -8.78. The van der Waals surface area contributed by atoms with Crippen LogP contribution in [0.15, 0.2) is 273 Å². The van der Waals surface area contributed by atoms with E-state index in [9.17, 15) is 0 Å². The maximum Gasteiger partial charge on any atom is 0.0713 e. The minimum absolute atomic E-state index is 0.484. The lowest BCUT2D eigenvalue weighted by Gasteiger charge is -2.34. The smallest absolute Gasteiger partial charge is 0.0713 e. The van der Waals surface area contributed by atoms with E-state index in [1.165, 1.54) is 99.1 Å². The Kier molecular flexibility index (Phi) is 9.47. The van der Waals surface area contributed by atoms with Crippen molar-refractivity contribution in [1.82, 2.24) is 0 Å². The van der Waals surface area contributed by atoms with Gasteiger partial charge in [-0.2, -0.15) is 0 Å². The van der Waals surface area contributed by atoms with Crippen molar-refractivity contribution in [1.29, 1.82) is 0 Å². The third kappa shape index (κ3) is 6.32. The first kappa shape index (κ1) is 39.6. The summed E-state index contributed by atoms with van der Waals surface area (Å²) in [5, 5.41) is 7.41. The van der Waals surface area contributed by atoms with Crippen LogP contribution in [0.2, 0.25) is 0 Å². The summed E-state index contributed by atoms with van der Waals surface area (Å²) >= 11 is 0. The van der Waals surface area contributed by atoms with Gasteiger partial charge in [0.1, 0.15) is 0 Å². The van der Waals surface area contributed by atoms with E-state index in [0.29, 0.717) is 0 Å². The lowest BCUT2D eigenvalue weighted by atomic mass is 9.68. The molecular formula is C67H45N. The number of fused-ring (bicyclic) bond motifs is 7. The van der Waals surface area contributed by atoms with Gasteiger partial charge >= 0.3 is 0 Å². The van der Waals surface area contributed by atoms with E-state index in [0.717, 1.165) is 17.1 Å². The monoisotopic (exact) mass is 863 g/mol. The van der Waals surface area contributed by atoms with Crippen molar-refractivity contribution in [2.45, 2.75) is 5.41 Å². The van der Waals surface area contributed by atoms with Gasteiger partial charge in [-0.15, -0.1) is 0 Å². The second-order valence-corrected chi connectivity index (χ2v) is 18.0. The first-order valence-corrected chi connectivity index (χ1v) is 23.6. The molecule has 0 fully saturated rings. The Bertz CT molecular complexity index is 3780. The molecule has 1 aliphatic rings. The van der Waals surface area contributed by atoms with Gasteiger partial charge in [-0.25, -0.2) is 0 Å². The molecule has 1 nitrogen and oxygen atoms in total. The van der Waals surface area contributed by atoms with E-state index in [1.54, 1.807) is 0 Å². The summed E-state index contributed by atoms with van der Waals surface area (Å²) in [6, 6.07) is 101. The van der Waals surface area contributed by atoms with E-state index >= 15 is 0 Å². The molecular weight excluding hydrogens is 819 g/mol. The van der Waals surface area contributed by atoms with E-state index < -0.39 is 5.41 Å². The molecule has 68 heavy (non-hydrogen) atoms. The normalized spacial score (nSPS) is 12.5. The molecule has 0 aliphatic heterocycles. The van der Waals surface area contributed by atoms with Gasteiger partial charge in [-0.3, -0.25) is 0 Å². The zero-order chi connectivity index (χ0) is 45.0. The lowest BCUT2D eigenvalue weighted by molar-refractivity contribution is 0.768. The maximum atomic E-state index is 2.46. The van der Waals surface area contributed by atoms with E-state index in [-0.39, 0.29) is 0 Å². The molecule has 0 bridgehead atoms. The first-order valence-electron chi connectivity index (χ1n) is 23.6. The molecule has 13 rings (SSSR count). The van der Waals surface area contributed by atoms with Crippen LogP contribution in [0.3, 0.4) is 0 Å². The van der Waals surface area contributed by atoms with E-state index in [1.807, 2.05) is 0 Å². The highest BCUT2D eigenvalue weighted by molar-refractivity contribution is 6.22. The van der Waals surface area contributed by atoms with Crippen molar-refractivity contribution in [3.05, 3.63) is 295 Å². The van der Waals surface area contributed by atoms with Crippen LogP contribution in [0, 0.1) is 0 Å². The Labute approximate surface area is 397 Å². The minimum atomic E-state index is -0.484. The molecule has 0 saturated carbocycles. The summed E-state index contributed by atoms with van der Waals surface area (Å²) in [4.78, 5) is 2.46. The van der Waals surface area contributed by atoms with Gasteiger partial charge in [-0.05, 0) is 142 Å². The van der Waals surface area contributed by atoms with Crippen molar-refractivity contribution in [3.8, 4) is 44.5 Å². The van der Waals surface area contributed by atoms with Crippen LogP contribution in [0.1, 0.15) is 22.3 Å². The standard InChI is InChI=1S/C67H45N/c1-5-20-48(21-6-1)65-60-31-16-15-29-57(60)58-41-39-55(45-62(58)66(65)49-22-7-2-8-23-49)68(54-37-35-47(36-38-54)51-34-33-46-19-13-14-24-50(46)43-51)56-40-42-64-61(44-56)59-30-17-18-32-63(59)67(64,52-25-9-3-10-26-52)53-27-11-4-12-28-53/h1-45H. The van der Waals surface area contributed by atoms with E-state index in [2.05, 4.69) is 278 Å². The summed E-state index contributed by atoms with van der Waals surface area (Å²) in [5.74, 6) is 0. The van der Waals surface area contributed by atoms with Crippen LogP contribution in [-0.4, -0.2) is 0 Å². The van der Waals surface area contributed by atoms with Gasteiger partial charge in [0.2, 0.25) is 0 Å². The number of anilines is 3. The first-order chi connectivity index (χ1) is 33.7. The van der Waals surface area contributed by atoms with Crippen LogP contribution in [0.25, 0.3) is 76.8 Å². The van der Waals surface area contributed by atoms with E-state index in [4.69, 9.17) is 0 Å². The summed E-state index contributed by atoms with van der Waals surface area (Å²) < 4.78 is 0. The average molecular weight is 864 g/mol. The second-order valence-electron chi connectivity index (χ2n) is 18.0. The predicted octanol–water partition coefficient (Wildman–Crippen LogP) is 18.0. The van der Waals surface area contributed by atoms with Gasteiger partial charge in [0.15, 0.2) is 0 Å². The predicted molar refractivity (Wildman–Crippen MR) is 287 cm³/mol. The van der Waals surface area contributed by atoms with Gasteiger partial charge in [0, 0.05) is 17.1 Å². The van der Waals surface area contributed by atoms with Crippen LogP contribution < -0.4 is 4.90 Å². The quantitative estimate of drug-likeness (QED) is 0.138. The molecule has 0 atom stereocenters. The minimum Gasteiger partial charge on any atom is -0.310 e. The van der Waals surface area contributed by atoms with Gasteiger partial charge in [-0.1, -0.05) is 231 Å². The molecule has 0 N–H and O–H groups in total. The summed E-state index contributed by atoms with van der Waals surface area (Å²) in [6.45, 7) is 0. The molecule has 0 saturated heterocycles. The summed E-state index contributed by atoms with van der Waals surface area (Å²) in [7, 11) is 0. The highest BCUT2D eigenvalue weighted by atomic mass is 15.1. The molecule has 318 valence electrons. The largest absolute Gasteiger partial charge is 0.310 e. The van der Waals surface area contributed by atoms with Gasteiger partial charge < -0.3 is 4.90 Å². The number of nitrogens with zero attached hydrogens (tertiary/aromatic N) is 1. The number of benzene rings is 12. The highest BCUT2D eigenvalue weighted by Crippen LogP contribution is 2.57. The summed E-state index contributed by atoms with van der Waals surface area (Å²) in [5.41, 5.74) is 17.7. The Morgan fingerprint density at radius 3 is 1.43 bits per heavy atom. The number of hydrogen-bond donors (Lipinski definition) is 0. The molecule has 0 heterocycles. The molecule has 0 radical (unpaired) electrons. The van der Waals surface area contributed by atoms with Crippen LogP contribution >= 0.6 is 0 Å².